The van der Waals surface area contributed by atoms with Crippen molar-refractivity contribution in [3.63, 3.8) is 0 Å². The normalized spacial score (nSPS) is 13.5. The SMILES string of the molecule is C=CC(N=CC(=CN)c1ncnc2[nH]ccc12)c1cccc(Br)c1. The summed E-state index contributed by atoms with van der Waals surface area (Å²) < 4.78 is 1.00. The van der Waals surface area contributed by atoms with Crippen LogP contribution in [0.1, 0.15) is 17.3 Å². The zero-order chi connectivity index (χ0) is 16.9. The lowest BCUT2D eigenvalue weighted by molar-refractivity contribution is 0.921. The van der Waals surface area contributed by atoms with E-state index in [1.165, 1.54) is 12.5 Å². The van der Waals surface area contributed by atoms with Crippen LogP contribution in [0.3, 0.4) is 0 Å². The standard InChI is InChI=1S/C18H16BrN5/c1-2-16(12-4-3-5-14(19)8-12)22-10-13(9-20)17-15-6-7-21-18(15)24-11-23-17/h2-11,16H,1,20H2,(H,21,23,24). The van der Waals surface area contributed by atoms with Crippen molar-refractivity contribution < 1.29 is 0 Å². The fraction of sp³-hybridized carbons (Fsp3) is 0.0556. The molecule has 0 bridgehead atoms. The number of aromatic amines is 1. The molecule has 2 aromatic heterocycles. The predicted octanol–water partition coefficient (Wildman–Crippen LogP) is 4.02. The van der Waals surface area contributed by atoms with Crippen LogP contribution in [0.4, 0.5) is 0 Å². The molecule has 0 saturated heterocycles. The summed E-state index contributed by atoms with van der Waals surface area (Å²) in [5, 5.41) is 0.901. The highest BCUT2D eigenvalue weighted by molar-refractivity contribution is 9.10. The lowest BCUT2D eigenvalue weighted by Crippen LogP contribution is -1.98. The predicted molar refractivity (Wildman–Crippen MR) is 102 cm³/mol. The molecule has 3 aromatic rings. The molecular weight excluding hydrogens is 366 g/mol. The van der Waals surface area contributed by atoms with Crippen molar-refractivity contribution >= 4 is 38.8 Å². The number of rotatable bonds is 5. The van der Waals surface area contributed by atoms with Crippen molar-refractivity contribution in [3.05, 3.63) is 77.4 Å². The summed E-state index contributed by atoms with van der Waals surface area (Å²) in [4.78, 5) is 16.2. The first-order chi connectivity index (χ1) is 11.7. The van der Waals surface area contributed by atoms with E-state index in [9.17, 15) is 0 Å². The number of benzene rings is 1. The summed E-state index contributed by atoms with van der Waals surface area (Å²) in [7, 11) is 0. The van der Waals surface area contributed by atoms with Crippen molar-refractivity contribution in [2.75, 3.05) is 0 Å². The Kier molecular flexibility index (Phi) is 4.86. The number of H-pyrrole nitrogens is 1. The smallest absolute Gasteiger partial charge is 0.141 e. The van der Waals surface area contributed by atoms with Crippen LogP contribution >= 0.6 is 15.9 Å². The van der Waals surface area contributed by atoms with Crippen LogP contribution in [0, 0.1) is 0 Å². The van der Waals surface area contributed by atoms with E-state index in [2.05, 4.69) is 42.5 Å². The van der Waals surface area contributed by atoms with Gasteiger partial charge in [-0.15, -0.1) is 6.58 Å². The monoisotopic (exact) mass is 381 g/mol. The molecule has 1 aromatic carbocycles. The van der Waals surface area contributed by atoms with Crippen molar-refractivity contribution in [1.29, 1.82) is 0 Å². The molecule has 0 saturated carbocycles. The van der Waals surface area contributed by atoms with Gasteiger partial charge in [0.2, 0.25) is 0 Å². The number of aliphatic imine (C=N–C) groups is 1. The number of allylic oxidation sites excluding steroid dienone is 1. The Morgan fingerprint density at radius 2 is 2.21 bits per heavy atom. The minimum absolute atomic E-state index is 0.166. The maximum Gasteiger partial charge on any atom is 0.141 e. The summed E-state index contributed by atoms with van der Waals surface area (Å²) in [5.74, 6) is 0. The quantitative estimate of drug-likeness (QED) is 0.517. The second-order valence-corrected chi connectivity index (χ2v) is 6.01. The summed E-state index contributed by atoms with van der Waals surface area (Å²) >= 11 is 3.47. The van der Waals surface area contributed by atoms with Crippen LogP contribution in [-0.2, 0) is 0 Å². The summed E-state index contributed by atoms with van der Waals surface area (Å²) in [6.45, 7) is 3.87. The maximum absolute atomic E-state index is 5.80. The third-order valence-corrected chi connectivity index (χ3v) is 4.09. The zero-order valence-electron chi connectivity index (χ0n) is 12.9. The van der Waals surface area contributed by atoms with Gasteiger partial charge in [-0.1, -0.05) is 34.1 Å². The Morgan fingerprint density at radius 1 is 1.33 bits per heavy atom. The number of hydrogen-bond donors (Lipinski definition) is 2. The number of nitrogens with two attached hydrogens (primary N) is 1. The van der Waals surface area contributed by atoms with Crippen LogP contribution in [0.5, 0.6) is 0 Å². The highest BCUT2D eigenvalue weighted by atomic mass is 79.9. The van der Waals surface area contributed by atoms with E-state index in [0.29, 0.717) is 0 Å². The van der Waals surface area contributed by atoms with Crippen LogP contribution in [0.2, 0.25) is 0 Å². The second kappa shape index (κ2) is 7.23. The van der Waals surface area contributed by atoms with Crippen molar-refractivity contribution in [2.24, 2.45) is 10.7 Å². The molecule has 6 heteroatoms. The molecular formula is C18H16BrN5. The molecule has 0 aliphatic carbocycles. The number of hydrogen-bond acceptors (Lipinski definition) is 4. The lowest BCUT2D eigenvalue weighted by Gasteiger charge is -2.09. The van der Waals surface area contributed by atoms with Gasteiger partial charge in [-0.3, -0.25) is 4.99 Å². The maximum atomic E-state index is 5.80. The first kappa shape index (κ1) is 16.1. The molecule has 120 valence electrons. The molecule has 1 unspecified atom stereocenters. The fourth-order valence-electron chi connectivity index (χ4n) is 2.42. The van der Waals surface area contributed by atoms with E-state index < -0.39 is 0 Å². The van der Waals surface area contributed by atoms with E-state index >= 15 is 0 Å². The van der Waals surface area contributed by atoms with Gasteiger partial charge in [0.05, 0.1) is 11.7 Å². The third-order valence-electron chi connectivity index (χ3n) is 3.59. The first-order valence-electron chi connectivity index (χ1n) is 7.34. The molecule has 2 heterocycles. The van der Waals surface area contributed by atoms with Gasteiger partial charge < -0.3 is 10.7 Å². The molecule has 3 rings (SSSR count). The largest absolute Gasteiger partial charge is 0.404 e. The van der Waals surface area contributed by atoms with Crippen molar-refractivity contribution in [3.8, 4) is 0 Å². The van der Waals surface area contributed by atoms with Gasteiger partial charge in [-0.05, 0) is 23.8 Å². The molecule has 24 heavy (non-hydrogen) atoms. The second-order valence-electron chi connectivity index (χ2n) is 5.10. The summed E-state index contributed by atoms with van der Waals surface area (Å²) in [6.07, 6.45) is 8.34. The Hall–Kier alpha value is -2.73. The number of aromatic nitrogens is 3. The summed E-state index contributed by atoms with van der Waals surface area (Å²) in [5.41, 5.74) is 9.07. The third kappa shape index (κ3) is 3.28. The van der Waals surface area contributed by atoms with Crippen molar-refractivity contribution in [1.82, 2.24) is 15.0 Å². The number of halogens is 1. The average Bonchev–Trinajstić information content (AvgIpc) is 3.08. The van der Waals surface area contributed by atoms with Crippen LogP contribution < -0.4 is 5.73 Å². The van der Waals surface area contributed by atoms with Crippen LogP contribution in [0.15, 0.2) is 71.2 Å². The van der Waals surface area contributed by atoms with Crippen LogP contribution in [0.25, 0.3) is 16.6 Å². The highest BCUT2D eigenvalue weighted by Gasteiger charge is 2.10. The van der Waals surface area contributed by atoms with E-state index in [1.54, 1.807) is 12.3 Å². The van der Waals surface area contributed by atoms with Gasteiger partial charge in [0.1, 0.15) is 12.0 Å². The van der Waals surface area contributed by atoms with Gasteiger partial charge in [0, 0.05) is 34.0 Å². The van der Waals surface area contributed by atoms with E-state index in [1.807, 2.05) is 36.5 Å². The van der Waals surface area contributed by atoms with E-state index in [4.69, 9.17) is 5.73 Å². The lowest BCUT2D eigenvalue weighted by atomic mass is 10.1. The van der Waals surface area contributed by atoms with E-state index in [0.717, 1.165) is 32.3 Å². The average molecular weight is 382 g/mol. The number of fused-ring (bicyclic) bond motifs is 1. The fourth-order valence-corrected chi connectivity index (χ4v) is 2.84. The van der Waals surface area contributed by atoms with Gasteiger partial charge in [0.15, 0.2) is 0 Å². The van der Waals surface area contributed by atoms with Gasteiger partial charge in [0.25, 0.3) is 0 Å². The molecule has 0 aliphatic heterocycles. The van der Waals surface area contributed by atoms with Gasteiger partial charge in [-0.25, -0.2) is 9.97 Å². The Balaban J connectivity index is 1.93. The zero-order valence-corrected chi connectivity index (χ0v) is 14.4. The summed E-state index contributed by atoms with van der Waals surface area (Å²) in [6, 6.07) is 9.73. The highest BCUT2D eigenvalue weighted by Crippen LogP contribution is 2.24. The number of nitrogens with one attached hydrogen (secondary N) is 1. The Labute approximate surface area is 148 Å². The minimum Gasteiger partial charge on any atom is -0.404 e. The first-order valence-corrected chi connectivity index (χ1v) is 8.13. The molecule has 0 fully saturated rings. The van der Waals surface area contributed by atoms with E-state index in [-0.39, 0.29) is 6.04 Å². The number of nitrogens with zero attached hydrogens (tertiary/aromatic N) is 3. The Bertz CT molecular complexity index is 926. The minimum atomic E-state index is -0.166. The molecule has 1 atom stereocenters. The van der Waals surface area contributed by atoms with Gasteiger partial charge in [-0.2, -0.15) is 0 Å². The Morgan fingerprint density at radius 3 is 2.96 bits per heavy atom. The van der Waals surface area contributed by atoms with Crippen LogP contribution in [-0.4, -0.2) is 21.2 Å². The molecule has 0 amide bonds. The molecule has 5 nitrogen and oxygen atoms in total. The molecule has 0 aliphatic rings. The molecule has 3 N–H and O–H groups in total. The van der Waals surface area contributed by atoms with Gasteiger partial charge >= 0.3 is 0 Å². The molecule has 0 radical (unpaired) electrons. The van der Waals surface area contributed by atoms with Crippen molar-refractivity contribution in [2.45, 2.75) is 6.04 Å². The topological polar surface area (TPSA) is 79.9 Å². The molecule has 0 spiro atoms.